The van der Waals surface area contributed by atoms with E-state index < -0.39 is 0 Å². The van der Waals surface area contributed by atoms with Crippen LogP contribution in [-0.4, -0.2) is 18.4 Å². The zero-order chi connectivity index (χ0) is 18.1. The molecule has 1 fully saturated rings. The van der Waals surface area contributed by atoms with Crippen molar-refractivity contribution in [2.75, 3.05) is 16.8 Å². The van der Waals surface area contributed by atoms with Gasteiger partial charge in [0.25, 0.3) is 0 Å². The number of hydrogen-bond donors (Lipinski definition) is 1. The van der Waals surface area contributed by atoms with Gasteiger partial charge in [0, 0.05) is 24.3 Å². The van der Waals surface area contributed by atoms with Crippen molar-refractivity contribution in [3.63, 3.8) is 0 Å². The molecule has 0 spiro atoms. The number of carbonyl (C=O) groups is 2. The highest BCUT2D eigenvalue weighted by Gasteiger charge is 2.35. The van der Waals surface area contributed by atoms with Crippen LogP contribution in [0.15, 0.2) is 36.4 Å². The Morgan fingerprint density at radius 2 is 1.64 bits per heavy atom. The van der Waals surface area contributed by atoms with Crippen molar-refractivity contribution < 1.29 is 9.59 Å². The Balaban J connectivity index is 1.74. The minimum atomic E-state index is -0.325. The molecule has 0 saturated carbocycles. The van der Waals surface area contributed by atoms with Gasteiger partial charge in [-0.2, -0.15) is 0 Å². The van der Waals surface area contributed by atoms with E-state index in [4.69, 9.17) is 0 Å². The van der Waals surface area contributed by atoms with Crippen LogP contribution in [-0.2, 0) is 9.59 Å². The number of hydrogen-bond acceptors (Lipinski definition) is 2. The van der Waals surface area contributed by atoms with Crippen LogP contribution in [0, 0.1) is 33.6 Å². The number of nitrogens with one attached hydrogen (secondary N) is 1. The molecule has 0 unspecified atom stereocenters. The number of nitrogens with zero attached hydrogens (tertiary/aromatic N) is 1. The molecule has 4 heteroatoms. The normalized spacial score (nSPS) is 17.0. The molecule has 2 amide bonds. The zero-order valence-electron chi connectivity index (χ0n) is 15.2. The average molecular weight is 336 g/mol. The van der Waals surface area contributed by atoms with Gasteiger partial charge in [0.05, 0.1) is 5.92 Å². The lowest BCUT2D eigenvalue weighted by molar-refractivity contribution is -0.122. The number of anilines is 2. The summed E-state index contributed by atoms with van der Waals surface area (Å²) in [6.45, 7) is 8.46. The van der Waals surface area contributed by atoms with E-state index in [1.807, 2.05) is 58.0 Å². The minimum Gasteiger partial charge on any atom is -0.326 e. The van der Waals surface area contributed by atoms with Crippen molar-refractivity contribution in [1.82, 2.24) is 0 Å². The fraction of sp³-hybridized carbons (Fsp3) is 0.333. The predicted molar refractivity (Wildman–Crippen MR) is 101 cm³/mol. The Bertz CT molecular complexity index is 842. The van der Waals surface area contributed by atoms with Crippen LogP contribution in [0.1, 0.15) is 28.7 Å². The first kappa shape index (κ1) is 17.2. The molecule has 1 atom stereocenters. The van der Waals surface area contributed by atoms with E-state index in [1.165, 1.54) is 0 Å². The third-order valence-corrected chi connectivity index (χ3v) is 4.78. The highest BCUT2D eigenvalue weighted by Crippen LogP contribution is 2.29. The van der Waals surface area contributed by atoms with E-state index in [-0.39, 0.29) is 24.2 Å². The predicted octanol–water partition coefficient (Wildman–Crippen LogP) is 3.91. The molecule has 1 aliphatic rings. The first-order valence-corrected chi connectivity index (χ1v) is 8.61. The summed E-state index contributed by atoms with van der Waals surface area (Å²) in [6.07, 6.45) is 0.254. The number of benzene rings is 2. The van der Waals surface area contributed by atoms with E-state index in [0.717, 1.165) is 33.6 Å². The molecule has 0 radical (unpaired) electrons. The molecular weight excluding hydrogens is 312 g/mol. The third-order valence-electron chi connectivity index (χ3n) is 4.78. The summed E-state index contributed by atoms with van der Waals surface area (Å²) < 4.78 is 0. The van der Waals surface area contributed by atoms with Gasteiger partial charge in [0.1, 0.15) is 0 Å². The van der Waals surface area contributed by atoms with Crippen molar-refractivity contribution in [2.24, 2.45) is 5.92 Å². The molecule has 1 heterocycles. The Hall–Kier alpha value is -2.62. The maximum absolute atomic E-state index is 12.6. The van der Waals surface area contributed by atoms with E-state index in [9.17, 15) is 9.59 Å². The second-order valence-electron chi connectivity index (χ2n) is 7.00. The topological polar surface area (TPSA) is 49.4 Å². The Labute approximate surface area is 148 Å². The standard InChI is InChI=1S/C21H24N2O2/c1-13-5-7-18(15(3)9-13)22-21(25)17-11-20(24)23(12-17)19-8-6-14(2)10-16(19)4/h5-10,17H,11-12H2,1-4H3,(H,22,25)/t17-/m1/s1. The summed E-state index contributed by atoms with van der Waals surface area (Å²) in [5.74, 6) is -0.408. The monoisotopic (exact) mass is 336 g/mol. The molecular formula is C21H24N2O2. The Morgan fingerprint density at radius 1 is 1.00 bits per heavy atom. The first-order valence-electron chi connectivity index (χ1n) is 8.61. The highest BCUT2D eigenvalue weighted by molar-refractivity contribution is 6.04. The molecule has 0 aromatic heterocycles. The summed E-state index contributed by atoms with van der Waals surface area (Å²) in [5, 5.41) is 2.98. The fourth-order valence-electron chi connectivity index (χ4n) is 3.41. The van der Waals surface area contributed by atoms with Crippen molar-refractivity contribution in [2.45, 2.75) is 34.1 Å². The molecule has 0 aliphatic carbocycles. The lowest BCUT2D eigenvalue weighted by Gasteiger charge is -2.19. The SMILES string of the molecule is Cc1ccc(NC(=O)[C@@H]2CC(=O)N(c3ccc(C)cc3C)C2)c(C)c1. The number of aryl methyl sites for hydroxylation is 4. The molecule has 2 aromatic carbocycles. The van der Waals surface area contributed by atoms with Crippen molar-refractivity contribution >= 4 is 23.2 Å². The second-order valence-corrected chi connectivity index (χ2v) is 7.00. The smallest absolute Gasteiger partial charge is 0.229 e. The molecule has 0 bridgehead atoms. The number of amides is 2. The lowest BCUT2D eigenvalue weighted by Crippen LogP contribution is -2.28. The van der Waals surface area contributed by atoms with Crippen LogP contribution in [0.2, 0.25) is 0 Å². The highest BCUT2D eigenvalue weighted by atomic mass is 16.2. The molecule has 3 rings (SSSR count). The maximum atomic E-state index is 12.6. The van der Waals surface area contributed by atoms with Gasteiger partial charge in [0.15, 0.2) is 0 Å². The maximum Gasteiger partial charge on any atom is 0.229 e. The third kappa shape index (κ3) is 3.58. The molecule has 2 aromatic rings. The largest absolute Gasteiger partial charge is 0.326 e. The van der Waals surface area contributed by atoms with Crippen LogP contribution in [0.4, 0.5) is 11.4 Å². The van der Waals surface area contributed by atoms with Gasteiger partial charge in [-0.25, -0.2) is 0 Å². The van der Waals surface area contributed by atoms with Crippen molar-refractivity contribution in [1.29, 1.82) is 0 Å². The van der Waals surface area contributed by atoms with Crippen molar-refractivity contribution in [3.05, 3.63) is 58.7 Å². The second kappa shape index (κ2) is 6.71. The summed E-state index contributed by atoms with van der Waals surface area (Å²) >= 11 is 0. The van der Waals surface area contributed by atoms with E-state index >= 15 is 0 Å². The Morgan fingerprint density at radius 3 is 2.28 bits per heavy atom. The minimum absolute atomic E-state index is 0.00716. The van der Waals surface area contributed by atoms with E-state index in [2.05, 4.69) is 11.4 Å². The van der Waals surface area contributed by atoms with Crippen LogP contribution >= 0.6 is 0 Å². The first-order chi connectivity index (χ1) is 11.8. The fourth-order valence-corrected chi connectivity index (χ4v) is 3.41. The number of rotatable bonds is 3. The lowest BCUT2D eigenvalue weighted by atomic mass is 10.1. The summed E-state index contributed by atoms with van der Waals surface area (Å²) in [6, 6.07) is 12.0. The summed E-state index contributed by atoms with van der Waals surface area (Å²) in [5.41, 5.74) is 6.13. The van der Waals surface area contributed by atoms with Gasteiger partial charge in [0.2, 0.25) is 11.8 Å². The van der Waals surface area contributed by atoms with Gasteiger partial charge in [-0.15, -0.1) is 0 Å². The number of carbonyl (C=O) groups excluding carboxylic acids is 2. The molecule has 1 N–H and O–H groups in total. The summed E-state index contributed by atoms with van der Waals surface area (Å²) in [7, 11) is 0. The van der Waals surface area contributed by atoms with Crippen LogP contribution in [0.5, 0.6) is 0 Å². The Kier molecular flexibility index (Phi) is 4.62. The van der Waals surface area contributed by atoms with Gasteiger partial charge in [-0.05, 0) is 51.0 Å². The van der Waals surface area contributed by atoms with Crippen LogP contribution in [0.3, 0.4) is 0 Å². The molecule has 130 valence electrons. The van der Waals surface area contributed by atoms with Gasteiger partial charge >= 0.3 is 0 Å². The van der Waals surface area contributed by atoms with Gasteiger partial charge in [-0.1, -0.05) is 35.4 Å². The average Bonchev–Trinajstić information content (AvgIpc) is 2.92. The van der Waals surface area contributed by atoms with E-state index in [1.54, 1.807) is 4.90 Å². The van der Waals surface area contributed by atoms with Gasteiger partial charge < -0.3 is 10.2 Å². The van der Waals surface area contributed by atoms with E-state index in [0.29, 0.717) is 6.54 Å². The quantitative estimate of drug-likeness (QED) is 0.924. The van der Waals surface area contributed by atoms with Crippen LogP contribution in [0.25, 0.3) is 0 Å². The summed E-state index contributed by atoms with van der Waals surface area (Å²) in [4.78, 5) is 26.8. The molecule has 1 aliphatic heterocycles. The molecule has 25 heavy (non-hydrogen) atoms. The van der Waals surface area contributed by atoms with Gasteiger partial charge in [-0.3, -0.25) is 9.59 Å². The molecule has 1 saturated heterocycles. The van der Waals surface area contributed by atoms with Crippen molar-refractivity contribution in [3.8, 4) is 0 Å². The van der Waals surface area contributed by atoms with Crippen LogP contribution < -0.4 is 10.2 Å². The zero-order valence-corrected chi connectivity index (χ0v) is 15.2. The molecule has 4 nitrogen and oxygen atoms in total.